The SMILES string of the molecule is O=C(CNc1ccccn1)N1CCC(Nc2cccnc2)CC1. The van der Waals surface area contributed by atoms with Gasteiger partial charge in [0, 0.05) is 37.7 Å². The molecular formula is C17H21N5O. The van der Waals surface area contributed by atoms with E-state index < -0.39 is 0 Å². The van der Waals surface area contributed by atoms with E-state index in [2.05, 4.69) is 20.6 Å². The van der Waals surface area contributed by atoms with Gasteiger partial charge in [-0.2, -0.15) is 0 Å². The van der Waals surface area contributed by atoms with E-state index in [1.807, 2.05) is 41.4 Å². The minimum atomic E-state index is 0.121. The first kappa shape index (κ1) is 15.3. The summed E-state index contributed by atoms with van der Waals surface area (Å²) >= 11 is 0. The maximum Gasteiger partial charge on any atom is 0.241 e. The summed E-state index contributed by atoms with van der Waals surface area (Å²) in [6.45, 7) is 1.85. The predicted octanol–water partition coefficient (Wildman–Crippen LogP) is 1.99. The van der Waals surface area contributed by atoms with Crippen LogP contribution in [0.15, 0.2) is 48.9 Å². The number of nitrogens with one attached hydrogen (secondary N) is 2. The van der Waals surface area contributed by atoms with Crippen LogP contribution in [-0.2, 0) is 4.79 Å². The Kier molecular flexibility index (Phi) is 5.03. The molecule has 120 valence electrons. The van der Waals surface area contributed by atoms with Crippen molar-refractivity contribution >= 4 is 17.4 Å². The van der Waals surface area contributed by atoms with Gasteiger partial charge in [0.25, 0.3) is 0 Å². The van der Waals surface area contributed by atoms with Crippen molar-refractivity contribution in [1.82, 2.24) is 14.9 Å². The molecule has 1 amide bonds. The van der Waals surface area contributed by atoms with Crippen molar-refractivity contribution in [3.05, 3.63) is 48.9 Å². The van der Waals surface area contributed by atoms with Gasteiger partial charge in [0.1, 0.15) is 5.82 Å². The first-order chi connectivity index (χ1) is 11.3. The molecule has 3 rings (SSSR count). The summed E-state index contributed by atoms with van der Waals surface area (Å²) in [6, 6.07) is 9.94. The molecule has 0 atom stereocenters. The van der Waals surface area contributed by atoms with Crippen molar-refractivity contribution in [2.45, 2.75) is 18.9 Å². The standard InChI is InChI=1S/C17H21N5O/c23-17(13-20-16-5-1-2-9-19-16)22-10-6-14(7-11-22)21-15-4-3-8-18-12-15/h1-5,8-9,12,14,21H,6-7,10-11,13H2,(H,19,20). The number of piperidine rings is 1. The summed E-state index contributed by atoms with van der Waals surface area (Å²) in [6.07, 6.45) is 7.20. The number of likely N-dealkylation sites (tertiary alicyclic amines) is 1. The molecule has 23 heavy (non-hydrogen) atoms. The molecule has 0 spiro atoms. The number of anilines is 2. The molecule has 0 aromatic carbocycles. The smallest absolute Gasteiger partial charge is 0.241 e. The van der Waals surface area contributed by atoms with Crippen LogP contribution in [0.3, 0.4) is 0 Å². The lowest BCUT2D eigenvalue weighted by Crippen LogP contribution is -2.44. The van der Waals surface area contributed by atoms with Gasteiger partial charge in [-0.15, -0.1) is 0 Å². The third-order valence-corrected chi connectivity index (χ3v) is 3.97. The first-order valence-corrected chi connectivity index (χ1v) is 7.90. The van der Waals surface area contributed by atoms with E-state index in [0.29, 0.717) is 6.04 Å². The summed E-state index contributed by atoms with van der Waals surface area (Å²) in [5, 5.41) is 6.54. The van der Waals surface area contributed by atoms with Gasteiger partial charge in [-0.1, -0.05) is 6.07 Å². The van der Waals surface area contributed by atoms with Crippen molar-refractivity contribution in [1.29, 1.82) is 0 Å². The lowest BCUT2D eigenvalue weighted by Gasteiger charge is -2.33. The predicted molar refractivity (Wildman–Crippen MR) is 90.2 cm³/mol. The van der Waals surface area contributed by atoms with Crippen LogP contribution in [0.5, 0.6) is 0 Å². The van der Waals surface area contributed by atoms with Crippen LogP contribution in [0.25, 0.3) is 0 Å². The van der Waals surface area contributed by atoms with Crippen molar-refractivity contribution in [3.8, 4) is 0 Å². The maximum absolute atomic E-state index is 12.2. The van der Waals surface area contributed by atoms with Gasteiger partial charge in [-0.05, 0) is 37.1 Å². The lowest BCUT2D eigenvalue weighted by molar-refractivity contribution is -0.130. The van der Waals surface area contributed by atoms with Gasteiger partial charge in [-0.3, -0.25) is 9.78 Å². The highest BCUT2D eigenvalue weighted by molar-refractivity contribution is 5.80. The van der Waals surface area contributed by atoms with Crippen LogP contribution in [0.1, 0.15) is 12.8 Å². The van der Waals surface area contributed by atoms with Crippen LogP contribution in [-0.4, -0.2) is 46.5 Å². The fourth-order valence-corrected chi connectivity index (χ4v) is 2.70. The number of aromatic nitrogens is 2. The van der Waals surface area contributed by atoms with E-state index in [1.54, 1.807) is 12.4 Å². The van der Waals surface area contributed by atoms with E-state index in [0.717, 1.165) is 37.4 Å². The second kappa shape index (κ2) is 7.58. The van der Waals surface area contributed by atoms with Gasteiger partial charge in [0.15, 0.2) is 0 Å². The molecule has 6 heteroatoms. The Labute approximate surface area is 135 Å². The number of hydrogen-bond acceptors (Lipinski definition) is 5. The van der Waals surface area contributed by atoms with E-state index >= 15 is 0 Å². The highest BCUT2D eigenvalue weighted by Crippen LogP contribution is 2.16. The second-order valence-electron chi connectivity index (χ2n) is 5.61. The zero-order valence-corrected chi connectivity index (χ0v) is 13.0. The highest BCUT2D eigenvalue weighted by atomic mass is 16.2. The number of rotatable bonds is 5. The number of carbonyl (C=O) groups excluding carboxylic acids is 1. The molecule has 1 aliphatic heterocycles. The average Bonchev–Trinajstić information content (AvgIpc) is 2.62. The molecule has 0 aliphatic carbocycles. The summed E-state index contributed by atoms with van der Waals surface area (Å²) in [5.74, 6) is 0.851. The van der Waals surface area contributed by atoms with Crippen molar-refractivity contribution < 1.29 is 4.79 Å². The summed E-state index contributed by atoms with van der Waals surface area (Å²) in [5.41, 5.74) is 1.04. The monoisotopic (exact) mass is 311 g/mol. The molecule has 2 N–H and O–H groups in total. The van der Waals surface area contributed by atoms with Gasteiger partial charge >= 0.3 is 0 Å². The number of amides is 1. The first-order valence-electron chi connectivity index (χ1n) is 7.90. The van der Waals surface area contributed by atoms with E-state index in [-0.39, 0.29) is 12.5 Å². The van der Waals surface area contributed by atoms with E-state index in [9.17, 15) is 4.79 Å². The Morgan fingerprint density at radius 3 is 2.74 bits per heavy atom. The average molecular weight is 311 g/mol. The van der Waals surface area contributed by atoms with Crippen LogP contribution >= 0.6 is 0 Å². The Hall–Kier alpha value is -2.63. The molecule has 0 radical (unpaired) electrons. The van der Waals surface area contributed by atoms with Crippen molar-refractivity contribution in [2.24, 2.45) is 0 Å². The number of hydrogen-bond donors (Lipinski definition) is 2. The van der Waals surface area contributed by atoms with E-state index in [1.165, 1.54) is 0 Å². The molecule has 1 saturated heterocycles. The summed E-state index contributed by atoms with van der Waals surface area (Å²) < 4.78 is 0. The van der Waals surface area contributed by atoms with E-state index in [4.69, 9.17) is 0 Å². The van der Waals surface area contributed by atoms with Crippen molar-refractivity contribution in [2.75, 3.05) is 30.3 Å². The quantitative estimate of drug-likeness (QED) is 0.884. The fourth-order valence-electron chi connectivity index (χ4n) is 2.70. The second-order valence-corrected chi connectivity index (χ2v) is 5.61. The Balaban J connectivity index is 1.42. The molecule has 2 aromatic heterocycles. The Morgan fingerprint density at radius 2 is 2.04 bits per heavy atom. The van der Waals surface area contributed by atoms with Gasteiger partial charge < -0.3 is 15.5 Å². The molecule has 1 aliphatic rings. The summed E-state index contributed by atoms with van der Waals surface area (Å²) in [4.78, 5) is 22.4. The third-order valence-electron chi connectivity index (χ3n) is 3.97. The molecule has 0 unspecified atom stereocenters. The Bertz CT molecular complexity index is 611. The molecule has 3 heterocycles. The van der Waals surface area contributed by atoms with Crippen molar-refractivity contribution in [3.63, 3.8) is 0 Å². The maximum atomic E-state index is 12.2. The summed E-state index contributed by atoms with van der Waals surface area (Å²) in [7, 11) is 0. The highest BCUT2D eigenvalue weighted by Gasteiger charge is 2.22. The van der Waals surface area contributed by atoms with Crippen LogP contribution in [0.2, 0.25) is 0 Å². The van der Waals surface area contributed by atoms with Gasteiger partial charge in [0.2, 0.25) is 5.91 Å². The minimum Gasteiger partial charge on any atom is -0.381 e. The molecule has 2 aromatic rings. The number of pyridine rings is 2. The van der Waals surface area contributed by atoms with Crippen LogP contribution in [0.4, 0.5) is 11.5 Å². The molecule has 1 fully saturated rings. The van der Waals surface area contributed by atoms with Gasteiger partial charge in [0.05, 0.1) is 12.2 Å². The normalized spacial score (nSPS) is 15.2. The number of nitrogens with zero attached hydrogens (tertiary/aromatic N) is 3. The fraction of sp³-hybridized carbons (Fsp3) is 0.353. The molecule has 0 saturated carbocycles. The largest absolute Gasteiger partial charge is 0.381 e. The minimum absolute atomic E-state index is 0.121. The lowest BCUT2D eigenvalue weighted by atomic mass is 10.0. The zero-order chi connectivity index (χ0) is 15.9. The molecule has 0 bridgehead atoms. The van der Waals surface area contributed by atoms with Crippen LogP contribution in [0, 0.1) is 0 Å². The molecular weight excluding hydrogens is 290 g/mol. The van der Waals surface area contributed by atoms with Crippen LogP contribution < -0.4 is 10.6 Å². The van der Waals surface area contributed by atoms with Gasteiger partial charge in [-0.25, -0.2) is 4.98 Å². The zero-order valence-electron chi connectivity index (χ0n) is 13.0. The third kappa shape index (κ3) is 4.42. The topological polar surface area (TPSA) is 70.2 Å². The Morgan fingerprint density at radius 1 is 1.17 bits per heavy atom. The number of carbonyl (C=O) groups is 1. The molecule has 6 nitrogen and oxygen atoms in total.